The zero-order valence-electron chi connectivity index (χ0n) is 36.1. The van der Waals surface area contributed by atoms with Crippen LogP contribution in [0.2, 0.25) is 0 Å². The summed E-state index contributed by atoms with van der Waals surface area (Å²) < 4.78 is 26.5. The molecule has 0 fully saturated rings. The van der Waals surface area contributed by atoms with Crippen LogP contribution in [0.25, 0.3) is 16.0 Å². The summed E-state index contributed by atoms with van der Waals surface area (Å²) in [6, 6.07) is 21.3. The lowest BCUT2D eigenvalue weighted by atomic mass is 9.69. The first-order valence-corrected chi connectivity index (χ1v) is 21.5. The highest BCUT2D eigenvalue weighted by molar-refractivity contribution is 7.27. The molecule has 0 aliphatic rings. The van der Waals surface area contributed by atoms with E-state index in [1.165, 1.54) is 11.1 Å². The lowest BCUT2D eigenvalue weighted by molar-refractivity contribution is 0.453. The summed E-state index contributed by atoms with van der Waals surface area (Å²) in [6.45, 7) is 39.3. The second-order valence-electron chi connectivity index (χ2n) is 17.4. The molecule has 0 aromatic heterocycles. The summed E-state index contributed by atoms with van der Waals surface area (Å²) in [6.07, 6.45) is 3.73. The van der Waals surface area contributed by atoms with Crippen molar-refractivity contribution in [3.63, 3.8) is 0 Å². The van der Waals surface area contributed by atoms with Gasteiger partial charge >= 0.3 is 0 Å². The fourth-order valence-electron chi connectivity index (χ4n) is 6.91. The average molecular weight is 793 g/mol. The first-order chi connectivity index (χ1) is 26.3. The first-order valence-electron chi connectivity index (χ1n) is 19.8. The van der Waals surface area contributed by atoms with Gasteiger partial charge in [0.1, 0.15) is 23.0 Å². The van der Waals surface area contributed by atoms with Gasteiger partial charge in [0.15, 0.2) is 5.69 Å². The van der Waals surface area contributed by atoms with Gasteiger partial charge in [-0.2, -0.15) is 5.26 Å². The Bertz CT molecular complexity index is 1940. The molecule has 0 radical (unpaired) electrons. The molecular weight excluding hydrogens is 730 g/mol. The summed E-state index contributed by atoms with van der Waals surface area (Å²) in [4.78, 5) is 3.53. The lowest BCUT2D eigenvalue weighted by Gasteiger charge is -2.37. The van der Waals surface area contributed by atoms with Crippen molar-refractivity contribution < 1.29 is 18.1 Å². The van der Waals surface area contributed by atoms with E-state index in [2.05, 4.69) is 120 Å². The van der Waals surface area contributed by atoms with Crippen LogP contribution in [0, 0.1) is 31.8 Å². The van der Waals surface area contributed by atoms with E-state index in [9.17, 15) is 5.26 Å². The normalized spacial score (nSPS) is 12.6. The molecule has 2 unspecified atom stereocenters. The number of hydrogen-bond acceptors (Lipinski definition) is 5. The SMILES string of the molecule is [C-]#[N+]c1ccc(OPOc2c(C(C)(C)CC)cc(C(C)(C)CC)c(C)c2-c2c(C)c(C(C)(C)CC)cc(C(C)(C)CC)c2OPOc2ccc(C#N)cc2)cc1. The predicted molar refractivity (Wildman–Crippen MR) is 238 cm³/mol. The van der Waals surface area contributed by atoms with Crippen LogP contribution in [0.5, 0.6) is 23.0 Å². The maximum absolute atomic E-state index is 9.35. The molecule has 8 heteroatoms. The molecule has 298 valence electrons. The smallest absolute Gasteiger partial charge is 0.275 e. The Labute approximate surface area is 341 Å². The van der Waals surface area contributed by atoms with Crippen LogP contribution in [0.1, 0.15) is 148 Å². The minimum Gasteiger partial charge on any atom is -0.441 e. The predicted octanol–water partition coefficient (Wildman–Crippen LogP) is 15.1. The third kappa shape index (κ3) is 9.54. The molecule has 4 aromatic carbocycles. The van der Waals surface area contributed by atoms with Crippen molar-refractivity contribution >= 4 is 23.8 Å². The highest BCUT2D eigenvalue weighted by Gasteiger charge is 2.37. The van der Waals surface area contributed by atoms with Gasteiger partial charge in [0.2, 0.25) is 0 Å². The topological polar surface area (TPSA) is 65.1 Å². The van der Waals surface area contributed by atoms with Gasteiger partial charge in [-0.05, 0) is 120 Å². The third-order valence-corrected chi connectivity index (χ3v) is 13.5. The molecule has 4 aromatic rings. The van der Waals surface area contributed by atoms with E-state index in [1.54, 1.807) is 24.3 Å². The maximum Gasteiger partial charge on any atom is 0.275 e. The van der Waals surface area contributed by atoms with Crippen LogP contribution in [-0.2, 0) is 21.7 Å². The number of rotatable bonds is 17. The summed E-state index contributed by atoms with van der Waals surface area (Å²) in [7, 11) is -0.672. The van der Waals surface area contributed by atoms with Crippen molar-refractivity contribution in [2.45, 2.75) is 144 Å². The Balaban J connectivity index is 2.14. The molecule has 0 amide bonds. The minimum absolute atomic E-state index is 0.124. The van der Waals surface area contributed by atoms with Crippen molar-refractivity contribution in [3.05, 3.63) is 111 Å². The van der Waals surface area contributed by atoms with Gasteiger partial charge in [-0.25, -0.2) is 4.85 Å². The number of nitriles is 1. The molecule has 0 heterocycles. The quantitative estimate of drug-likeness (QED) is 0.0787. The molecule has 0 saturated heterocycles. The van der Waals surface area contributed by atoms with E-state index in [0.29, 0.717) is 22.7 Å². The van der Waals surface area contributed by atoms with Crippen LogP contribution < -0.4 is 18.1 Å². The van der Waals surface area contributed by atoms with Gasteiger partial charge in [-0.3, -0.25) is 0 Å². The van der Waals surface area contributed by atoms with Crippen LogP contribution in [0.15, 0.2) is 60.7 Å². The molecule has 0 spiro atoms. The van der Waals surface area contributed by atoms with Crippen molar-refractivity contribution in [2.75, 3.05) is 0 Å². The summed E-state index contributed by atoms with van der Waals surface area (Å²) in [5.41, 5.74) is 9.62. The molecule has 0 aliphatic carbocycles. The van der Waals surface area contributed by atoms with Gasteiger partial charge in [-0.1, -0.05) is 107 Å². The molecule has 4 rings (SSSR count). The Morgan fingerprint density at radius 3 is 1.21 bits per heavy atom. The van der Waals surface area contributed by atoms with E-state index >= 15 is 0 Å². The summed E-state index contributed by atoms with van der Waals surface area (Å²) in [5.74, 6) is 2.89. The van der Waals surface area contributed by atoms with Crippen LogP contribution in [0.3, 0.4) is 0 Å². The molecule has 0 aliphatic heterocycles. The van der Waals surface area contributed by atoms with Crippen LogP contribution in [0.4, 0.5) is 5.69 Å². The fourth-order valence-corrected chi connectivity index (χ4v) is 8.05. The molecule has 6 nitrogen and oxygen atoms in total. The minimum atomic E-state index is -0.338. The molecule has 0 N–H and O–H groups in total. The largest absolute Gasteiger partial charge is 0.441 e. The Morgan fingerprint density at radius 1 is 0.554 bits per heavy atom. The fraction of sp³-hybridized carbons (Fsp3) is 0.458. The second-order valence-corrected chi connectivity index (χ2v) is 18.5. The molecule has 56 heavy (non-hydrogen) atoms. The Hall–Kier alpha value is -4.08. The molecule has 0 bridgehead atoms. The van der Waals surface area contributed by atoms with Crippen LogP contribution >= 0.6 is 18.1 Å². The number of nitrogens with zero attached hydrogens (tertiary/aromatic N) is 2. The molecule has 0 saturated carbocycles. The van der Waals surface area contributed by atoms with Crippen molar-refractivity contribution in [3.8, 4) is 40.2 Å². The summed E-state index contributed by atoms with van der Waals surface area (Å²) in [5, 5.41) is 9.35. The average Bonchev–Trinajstić information content (AvgIpc) is 3.18. The number of benzene rings is 4. The summed E-state index contributed by atoms with van der Waals surface area (Å²) >= 11 is 0. The molecule has 2 atom stereocenters. The monoisotopic (exact) mass is 792 g/mol. The molecular formula is C48H62N2O4P2. The zero-order chi connectivity index (χ0) is 41.6. The highest BCUT2D eigenvalue weighted by atomic mass is 31.1. The van der Waals surface area contributed by atoms with E-state index < -0.39 is 0 Å². The second kappa shape index (κ2) is 18.0. The van der Waals surface area contributed by atoms with E-state index in [1.807, 2.05) is 24.3 Å². The van der Waals surface area contributed by atoms with E-state index in [0.717, 1.165) is 70.6 Å². The van der Waals surface area contributed by atoms with Crippen molar-refractivity contribution in [1.82, 2.24) is 0 Å². The van der Waals surface area contributed by atoms with Gasteiger partial charge in [-0.15, -0.1) is 0 Å². The van der Waals surface area contributed by atoms with E-state index in [4.69, 9.17) is 24.7 Å². The van der Waals surface area contributed by atoms with Crippen molar-refractivity contribution in [1.29, 1.82) is 5.26 Å². The third-order valence-electron chi connectivity index (χ3n) is 12.3. The Morgan fingerprint density at radius 2 is 0.893 bits per heavy atom. The van der Waals surface area contributed by atoms with Gasteiger partial charge in [0, 0.05) is 22.3 Å². The van der Waals surface area contributed by atoms with Crippen molar-refractivity contribution in [2.24, 2.45) is 0 Å². The first kappa shape index (κ1) is 44.6. The number of hydrogen-bond donors (Lipinski definition) is 0. The van der Waals surface area contributed by atoms with Gasteiger partial charge < -0.3 is 18.1 Å². The zero-order valence-corrected chi connectivity index (χ0v) is 38.1. The van der Waals surface area contributed by atoms with E-state index in [-0.39, 0.29) is 39.7 Å². The van der Waals surface area contributed by atoms with Crippen LogP contribution in [-0.4, -0.2) is 0 Å². The highest BCUT2D eigenvalue weighted by Crippen LogP contribution is 2.55. The lowest BCUT2D eigenvalue weighted by Crippen LogP contribution is -2.24. The van der Waals surface area contributed by atoms with Gasteiger partial charge in [0.05, 0.1) is 18.2 Å². The standard InChI is InChI=1S/C48H62N2O4P2/c1-16-45(7,8)37-28-39(47(11,12)18-3)43(53-55-51-35-24-20-33(30-49)21-25-35)41(31(37)5)42-32(6)38(46(9,10)17-2)29-40(48(13,14)19-4)44(42)54-56-52-36-26-22-34(50-15)23-27-36/h20-29,55-56H,16-19H2,1-14H3. The van der Waals surface area contributed by atoms with Gasteiger partial charge in [0.25, 0.3) is 18.1 Å². The Kier molecular flexibility index (Phi) is 14.4. The maximum atomic E-state index is 9.35.